The van der Waals surface area contributed by atoms with Crippen LogP contribution >= 0.6 is 23.2 Å². The summed E-state index contributed by atoms with van der Waals surface area (Å²) in [5.41, 5.74) is 1.47. The highest BCUT2D eigenvalue weighted by Crippen LogP contribution is 2.26. The highest BCUT2D eigenvalue weighted by molar-refractivity contribution is 6.36. The summed E-state index contributed by atoms with van der Waals surface area (Å²) in [7, 11) is 0. The van der Waals surface area contributed by atoms with Gasteiger partial charge in [-0.1, -0.05) is 53.5 Å². The maximum atomic E-state index is 12.6. The lowest BCUT2D eigenvalue weighted by molar-refractivity contribution is -0.117. The zero-order chi connectivity index (χ0) is 15.2. The van der Waals surface area contributed by atoms with E-state index in [0.717, 1.165) is 5.69 Å². The van der Waals surface area contributed by atoms with E-state index in [1.807, 2.05) is 30.3 Å². The lowest BCUT2D eigenvalue weighted by Crippen LogP contribution is -2.32. The quantitative estimate of drug-likeness (QED) is 0.728. The van der Waals surface area contributed by atoms with Gasteiger partial charge in [-0.05, 0) is 29.8 Å². The highest BCUT2D eigenvalue weighted by Gasteiger charge is 2.17. The Kier molecular flexibility index (Phi) is 5.43. The SMILES string of the molecule is C=CCN(C(=O)Cc1c(Cl)cccc1Cl)c1ccccc1. The fourth-order valence-corrected chi connectivity index (χ4v) is 2.57. The van der Waals surface area contributed by atoms with Gasteiger partial charge in [0.15, 0.2) is 0 Å². The number of amides is 1. The largest absolute Gasteiger partial charge is 0.308 e. The summed E-state index contributed by atoms with van der Waals surface area (Å²) in [5.74, 6) is -0.0731. The standard InChI is InChI=1S/C17H15Cl2NO/c1-2-11-20(13-7-4-3-5-8-13)17(21)12-14-15(18)9-6-10-16(14)19/h2-10H,1,11-12H2. The number of halogens is 2. The molecule has 108 valence electrons. The van der Waals surface area contributed by atoms with Crippen LogP contribution in [0.5, 0.6) is 0 Å². The second kappa shape index (κ2) is 7.30. The van der Waals surface area contributed by atoms with Crippen LogP contribution in [0.15, 0.2) is 61.2 Å². The fourth-order valence-electron chi connectivity index (χ4n) is 2.04. The molecule has 0 radical (unpaired) electrons. The monoisotopic (exact) mass is 319 g/mol. The molecular formula is C17H15Cl2NO. The van der Waals surface area contributed by atoms with Crippen LogP contribution in [0, 0.1) is 0 Å². The molecule has 0 saturated carbocycles. The Labute approximate surface area is 134 Å². The van der Waals surface area contributed by atoms with E-state index in [-0.39, 0.29) is 12.3 Å². The molecule has 21 heavy (non-hydrogen) atoms. The summed E-state index contributed by atoms with van der Waals surface area (Å²) in [6, 6.07) is 14.7. The van der Waals surface area contributed by atoms with Gasteiger partial charge >= 0.3 is 0 Å². The molecule has 2 aromatic carbocycles. The molecule has 0 aliphatic rings. The second-order valence-corrected chi connectivity index (χ2v) is 5.32. The molecular weight excluding hydrogens is 305 g/mol. The fraction of sp³-hybridized carbons (Fsp3) is 0.118. The molecule has 0 atom stereocenters. The van der Waals surface area contributed by atoms with Crippen molar-refractivity contribution in [3.8, 4) is 0 Å². The van der Waals surface area contributed by atoms with Crippen LogP contribution in [0.3, 0.4) is 0 Å². The van der Waals surface area contributed by atoms with Crippen molar-refractivity contribution >= 4 is 34.8 Å². The van der Waals surface area contributed by atoms with Crippen LogP contribution in [0.4, 0.5) is 5.69 Å². The molecule has 0 aliphatic carbocycles. The molecule has 0 aliphatic heterocycles. The highest BCUT2D eigenvalue weighted by atomic mass is 35.5. The zero-order valence-corrected chi connectivity index (χ0v) is 12.9. The number of rotatable bonds is 5. The van der Waals surface area contributed by atoms with Crippen LogP contribution in [0.1, 0.15) is 5.56 Å². The van der Waals surface area contributed by atoms with Crippen LogP contribution in [0.25, 0.3) is 0 Å². The number of anilines is 1. The van der Waals surface area contributed by atoms with E-state index in [0.29, 0.717) is 22.2 Å². The van der Waals surface area contributed by atoms with Gasteiger partial charge in [-0.3, -0.25) is 4.79 Å². The number of carbonyl (C=O) groups is 1. The average molecular weight is 320 g/mol. The topological polar surface area (TPSA) is 20.3 Å². The Hall–Kier alpha value is -1.77. The van der Waals surface area contributed by atoms with Gasteiger partial charge in [-0.2, -0.15) is 0 Å². The molecule has 1 amide bonds. The summed E-state index contributed by atoms with van der Waals surface area (Å²) in [5, 5.41) is 1.00. The number of nitrogens with zero attached hydrogens (tertiary/aromatic N) is 1. The van der Waals surface area contributed by atoms with Gasteiger partial charge in [-0.15, -0.1) is 6.58 Å². The van der Waals surface area contributed by atoms with Gasteiger partial charge in [0.25, 0.3) is 0 Å². The minimum Gasteiger partial charge on any atom is -0.308 e. The molecule has 0 bridgehead atoms. The van der Waals surface area contributed by atoms with Crippen LogP contribution in [0.2, 0.25) is 10.0 Å². The lowest BCUT2D eigenvalue weighted by Gasteiger charge is -2.22. The molecule has 0 aromatic heterocycles. The summed E-state index contributed by atoms with van der Waals surface area (Å²) in [6.07, 6.45) is 1.85. The van der Waals surface area contributed by atoms with Gasteiger partial charge in [-0.25, -0.2) is 0 Å². The van der Waals surface area contributed by atoms with E-state index in [1.165, 1.54) is 0 Å². The number of para-hydroxylation sites is 1. The van der Waals surface area contributed by atoms with Crippen LogP contribution in [-0.2, 0) is 11.2 Å². The molecule has 0 spiro atoms. The third kappa shape index (κ3) is 3.87. The van der Waals surface area contributed by atoms with Crippen molar-refractivity contribution < 1.29 is 4.79 Å². The molecule has 0 fully saturated rings. The summed E-state index contributed by atoms with van der Waals surface area (Å²) in [4.78, 5) is 14.2. The van der Waals surface area contributed by atoms with E-state index in [4.69, 9.17) is 23.2 Å². The van der Waals surface area contributed by atoms with Crippen molar-refractivity contribution in [3.05, 3.63) is 76.8 Å². The Morgan fingerprint density at radius 2 is 1.67 bits per heavy atom. The molecule has 0 unspecified atom stereocenters. The van der Waals surface area contributed by atoms with Gasteiger partial charge in [0.2, 0.25) is 5.91 Å². The maximum absolute atomic E-state index is 12.6. The van der Waals surface area contributed by atoms with Crippen LogP contribution in [-0.4, -0.2) is 12.5 Å². The third-order valence-electron chi connectivity index (χ3n) is 3.07. The molecule has 0 heterocycles. The first-order valence-corrected chi connectivity index (χ1v) is 7.28. The number of carbonyl (C=O) groups excluding carboxylic acids is 1. The molecule has 2 aromatic rings. The number of hydrogen-bond acceptors (Lipinski definition) is 1. The Morgan fingerprint density at radius 1 is 1.05 bits per heavy atom. The van der Waals surface area contributed by atoms with Gasteiger partial charge in [0, 0.05) is 22.3 Å². The predicted molar refractivity (Wildman–Crippen MR) is 89.2 cm³/mol. The van der Waals surface area contributed by atoms with E-state index in [9.17, 15) is 4.79 Å². The normalized spacial score (nSPS) is 10.2. The summed E-state index contributed by atoms with van der Waals surface area (Å²) in [6.45, 7) is 4.14. The minimum absolute atomic E-state index is 0.0731. The van der Waals surface area contributed by atoms with E-state index in [2.05, 4.69) is 6.58 Å². The molecule has 0 saturated heterocycles. The van der Waals surface area contributed by atoms with Crippen LogP contribution < -0.4 is 4.90 Å². The van der Waals surface area contributed by atoms with Crippen molar-refractivity contribution in [1.29, 1.82) is 0 Å². The zero-order valence-electron chi connectivity index (χ0n) is 11.4. The predicted octanol–water partition coefficient (Wildman–Crippen LogP) is 4.76. The van der Waals surface area contributed by atoms with Crippen molar-refractivity contribution in [3.63, 3.8) is 0 Å². The van der Waals surface area contributed by atoms with Crippen molar-refractivity contribution in [2.24, 2.45) is 0 Å². The average Bonchev–Trinajstić information content (AvgIpc) is 2.49. The summed E-state index contributed by atoms with van der Waals surface area (Å²) < 4.78 is 0. The summed E-state index contributed by atoms with van der Waals surface area (Å²) >= 11 is 12.3. The van der Waals surface area contributed by atoms with E-state index in [1.54, 1.807) is 29.2 Å². The first kappa shape index (κ1) is 15.6. The Morgan fingerprint density at radius 3 is 2.24 bits per heavy atom. The van der Waals surface area contributed by atoms with Gasteiger partial charge in [0.05, 0.1) is 6.42 Å². The first-order chi connectivity index (χ1) is 10.1. The number of benzene rings is 2. The Balaban J connectivity index is 2.26. The molecule has 2 nitrogen and oxygen atoms in total. The van der Waals surface area contributed by atoms with Crippen molar-refractivity contribution in [2.45, 2.75) is 6.42 Å². The second-order valence-electron chi connectivity index (χ2n) is 4.51. The molecule has 4 heteroatoms. The molecule has 2 rings (SSSR count). The third-order valence-corrected chi connectivity index (χ3v) is 3.78. The van der Waals surface area contributed by atoms with Crippen molar-refractivity contribution in [2.75, 3.05) is 11.4 Å². The first-order valence-electron chi connectivity index (χ1n) is 6.52. The maximum Gasteiger partial charge on any atom is 0.231 e. The van der Waals surface area contributed by atoms with E-state index < -0.39 is 0 Å². The van der Waals surface area contributed by atoms with Gasteiger partial charge in [0.1, 0.15) is 0 Å². The van der Waals surface area contributed by atoms with E-state index >= 15 is 0 Å². The minimum atomic E-state index is -0.0731. The van der Waals surface area contributed by atoms with Gasteiger partial charge < -0.3 is 4.90 Å². The Bertz CT molecular complexity index is 620. The lowest BCUT2D eigenvalue weighted by atomic mass is 10.1. The smallest absolute Gasteiger partial charge is 0.231 e. The molecule has 0 N–H and O–H groups in total. The van der Waals surface area contributed by atoms with Crippen molar-refractivity contribution in [1.82, 2.24) is 0 Å². The number of hydrogen-bond donors (Lipinski definition) is 0.